The largest absolute Gasteiger partial charge is 0.501 e. The molecule has 12 heteroatoms. The molecule has 0 bridgehead atoms. The summed E-state index contributed by atoms with van der Waals surface area (Å²) in [6.07, 6.45) is 3.17. The highest BCUT2D eigenvalue weighted by atomic mass is 28.4. The van der Waals surface area contributed by atoms with E-state index in [1.165, 1.54) is 0 Å². The van der Waals surface area contributed by atoms with Crippen LogP contribution < -0.4 is 0 Å². The second kappa shape index (κ2) is 20.1. The molecule has 34 heavy (non-hydrogen) atoms. The molecule has 0 aromatic heterocycles. The number of hydrogen-bond donors (Lipinski definition) is 0. The Morgan fingerprint density at radius 1 is 0.529 bits per heavy atom. The van der Waals surface area contributed by atoms with Crippen molar-refractivity contribution < 1.29 is 45.6 Å². The van der Waals surface area contributed by atoms with Crippen molar-refractivity contribution in [2.24, 2.45) is 0 Å². The highest BCUT2D eigenvalue weighted by Crippen LogP contribution is 2.19. The molecule has 0 radical (unpaired) electrons. The maximum absolute atomic E-state index is 11.9. The van der Waals surface area contributed by atoms with Gasteiger partial charge >= 0.3 is 29.5 Å². The fourth-order valence-electron chi connectivity index (χ4n) is 3.16. The molecule has 0 aliphatic carbocycles. The Morgan fingerprint density at radius 2 is 0.794 bits per heavy atom. The van der Waals surface area contributed by atoms with E-state index in [1.807, 2.05) is 41.5 Å². The lowest BCUT2D eigenvalue weighted by Crippen LogP contribution is -2.46. The third kappa shape index (κ3) is 14.3. The van der Waals surface area contributed by atoms with Gasteiger partial charge in [0.05, 0.1) is 13.2 Å². The second-order valence-corrected chi connectivity index (χ2v) is 12.3. The van der Waals surface area contributed by atoms with Crippen LogP contribution in [-0.4, -0.2) is 82.4 Å². The summed E-state index contributed by atoms with van der Waals surface area (Å²) in [5.74, 6) is -1.24. The third-order valence-electron chi connectivity index (χ3n) is 4.28. The van der Waals surface area contributed by atoms with E-state index in [4.69, 9.17) is 36.0 Å². The Hall–Kier alpha value is -1.13. The summed E-state index contributed by atoms with van der Waals surface area (Å²) in [5, 5.41) is 0. The minimum Gasteiger partial charge on any atom is -0.463 e. The molecule has 0 aliphatic heterocycles. The van der Waals surface area contributed by atoms with Crippen LogP contribution in [0.2, 0.25) is 12.1 Å². The normalized spacial score (nSPS) is 12.3. The van der Waals surface area contributed by atoms with Gasteiger partial charge in [0.1, 0.15) is 0 Å². The molecule has 0 heterocycles. The number of esters is 2. The van der Waals surface area contributed by atoms with Gasteiger partial charge in [-0.05, 0) is 54.4 Å². The lowest BCUT2D eigenvalue weighted by Gasteiger charge is -2.28. The monoisotopic (exact) mass is 524 g/mol. The van der Waals surface area contributed by atoms with E-state index in [9.17, 15) is 9.59 Å². The lowest BCUT2D eigenvalue weighted by molar-refractivity contribution is -0.140. The summed E-state index contributed by atoms with van der Waals surface area (Å²) in [4.78, 5) is 23.8. The molecule has 200 valence electrons. The van der Waals surface area contributed by atoms with Crippen LogP contribution in [0.5, 0.6) is 0 Å². The van der Waals surface area contributed by atoms with Crippen LogP contribution in [0.25, 0.3) is 0 Å². The van der Waals surface area contributed by atoms with Gasteiger partial charge < -0.3 is 36.0 Å². The maximum atomic E-state index is 11.9. The van der Waals surface area contributed by atoms with E-state index in [0.717, 1.165) is 12.2 Å². The Kier molecular flexibility index (Phi) is 19.4. The van der Waals surface area contributed by atoms with E-state index in [2.05, 4.69) is 0 Å². The van der Waals surface area contributed by atoms with E-state index in [0.29, 0.717) is 64.6 Å². The molecular formula is C22H44O10Si2. The van der Waals surface area contributed by atoms with Gasteiger partial charge in [0.15, 0.2) is 0 Å². The van der Waals surface area contributed by atoms with Crippen molar-refractivity contribution in [3.8, 4) is 0 Å². The predicted octanol–water partition coefficient (Wildman–Crippen LogP) is 3.51. The molecule has 0 spiro atoms. The van der Waals surface area contributed by atoms with Crippen molar-refractivity contribution >= 4 is 29.5 Å². The van der Waals surface area contributed by atoms with Gasteiger partial charge in [-0.25, -0.2) is 9.59 Å². The molecule has 0 saturated heterocycles. The zero-order chi connectivity index (χ0) is 25.7. The maximum Gasteiger partial charge on any atom is 0.501 e. The smallest absolute Gasteiger partial charge is 0.463 e. The average molecular weight is 525 g/mol. The number of hydrogen-bond acceptors (Lipinski definition) is 10. The molecule has 0 aromatic carbocycles. The summed E-state index contributed by atoms with van der Waals surface area (Å²) in [6, 6.07) is 1.08. The summed E-state index contributed by atoms with van der Waals surface area (Å²) >= 11 is 0. The van der Waals surface area contributed by atoms with Crippen molar-refractivity contribution in [1.82, 2.24) is 0 Å². The molecule has 0 rings (SSSR count). The molecule has 0 saturated carbocycles. The second-order valence-electron chi connectivity index (χ2n) is 6.84. The Morgan fingerprint density at radius 3 is 1.03 bits per heavy atom. The minimum atomic E-state index is -2.76. The quantitative estimate of drug-likeness (QED) is 0.0903. The van der Waals surface area contributed by atoms with Crippen LogP contribution in [0.3, 0.4) is 0 Å². The van der Waals surface area contributed by atoms with Gasteiger partial charge in [0, 0.05) is 63.9 Å². The van der Waals surface area contributed by atoms with Gasteiger partial charge in [-0.3, -0.25) is 0 Å². The van der Waals surface area contributed by atoms with Crippen LogP contribution >= 0.6 is 0 Å². The predicted molar refractivity (Wildman–Crippen MR) is 131 cm³/mol. The topological polar surface area (TPSA) is 108 Å². The molecule has 0 fully saturated rings. The molecule has 0 N–H and O–H groups in total. The van der Waals surface area contributed by atoms with E-state index >= 15 is 0 Å². The molecule has 0 aliphatic rings. The van der Waals surface area contributed by atoms with Gasteiger partial charge in [0.25, 0.3) is 0 Å². The van der Waals surface area contributed by atoms with Crippen LogP contribution in [0.1, 0.15) is 54.4 Å². The zero-order valence-corrected chi connectivity index (χ0v) is 23.7. The Labute approximate surface area is 206 Å². The highest BCUT2D eigenvalue weighted by molar-refractivity contribution is 6.61. The SMILES string of the molecule is CCO[Si](CCCOC(=O)/C=C\C(=O)OCCC[Si](OCC)(OCC)OCC)(OCC)OCC. The highest BCUT2D eigenvalue weighted by Gasteiger charge is 2.40. The first-order valence-electron chi connectivity index (χ1n) is 12.2. The fraction of sp³-hybridized carbons (Fsp3) is 0.818. The van der Waals surface area contributed by atoms with E-state index in [-0.39, 0.29) is 13.2 Å². The van der Waals surface area contributed by atoms with Crippen molar-refractivity contribution in [3.63, 3.8) is 0 Å². The molecule has 10 nitrogen and oxygen atoms in total. The van der Waals surface area contributed by atoms with Crippen LogP contribution in [0, 0.1) is 0 Å². The fourth-order valence-corrected chi connectivity index (χ4v) is 8.32. The minimum absolute atomic E-state index is 0.166. The zero-order valence-electron chi connectivity index (χ0n) is 21.7. The molecule has 0 aromatic rings. The number of carbonyl (C=O) groups is 2. The summed E-state index contributed by atoms with van der Waals surface area (Å²) in [5.41, 5.74) is 0. The summed E-state index contributed by atoms with van der Waals surface area (Å²) in [6.45, 7) is 14.6. The summed E-state index contributed by atoms with van der Waals surface area (Å²) in [7, 11) is -5.52. The van der Waals surface area contributed by atoms with Gasteiger partial charge in [-0.1, -0.05) is 0 Å². The first kappa shape index (κ1) is 32.9. The lowest BCUT2D eigenvalue weighted by atomic mass is 10.4. The molecule has 0 amide bonds. The van der Waals surface area contributed by atoms with Gasteiger partial charge in [-0.2, -0.15) is 0 Å². The molecule has 0 unspecified atom stereocenters. The molecular weight excluding hydrogens is 480 g/mol. The van der Waals surface area contributed by atoms with Crippen molar-refractivity contribution in [2.75, 3.05) is 52.9 Å². The Balaban J connectivity index is 4.36. The number of carbonyl (C=O) groups excluding carboxylic acids is 2. The van der Waals surface area contributed by atoms with Gasteiger partial charge in [-0.15, -0.1) is 0 Å². The van der Waals surface area contributed by atoms with Crippen LogP contribution in [0.4, 0.5) is 0 Å². The summed E-state index contributed by atoms with van der Waals surface area (Å²) < 4.78 is 44.9. The van der Waals surface area contributed by atoms with Crippen LogP contribution in [0.15, 0.2) is 12.2 Å². The first-order valence-corrected chi connectivity index (χ1v) is 16.1. The van der Waals surface area contributed by atoms with Crippen molar-refractivity contribution in [3.05, 3.63) is 12.2 Å². The van der Waals surface area contributed by atoms with Crippen LogP contribution in [-0.2, 0) is 45.6 Å². The number of ether oxygens (including phenoxy) is 2. The van der Waals surface area contributed by atoms with E-state index < -0.39 is 29.5 Å². The average Bonchev–Trinajstić information content (AvgIpc) is 2.79. The number of rotatable bonds is 22. The van der Waals surface area contributed by atoms with Crippen molar-refractivity contribution in [1.29, 1.82) is 0 Å². The standard InChI is InChI=1S/C22H44O10Si2/c1-7-27-33(28-8-2,29-9-3)19-13-17-25-21(23)15-16-22(24)26-18-14-20-34(30-10-4,31-11-5)32-12-6/h15-16H,7-14,17-20H2,1-6H3/b16-15-. The third-order valence-corrected chi connectivity index (χ3v) is 10.6. The first-order chi connectivity index (χ1) is 16.4. The van der Waals surface area contributed by atoms with E-state index in [1.54, 1.807) is 0 Å². The Bertz CT molecular complexity index is 492. The van der Waals surface area contributed by atoms with Crippen molar-refractivity contribution in [2.45, 2.75) is 66.5 Å². The molecule has 0 atom stereocenters. The van der Waals surface area contributed by atoms with Gasteiger partial charge in [0.2, 0.25) is 0 Å².